The summed E-state index contributed by atoms with van der Waals surface area (Å²) in [5.41, 5.74) is -0.536. The van der Waals surface area contributed by atoms with Crippen LogP contribution in [-0.2, 0) is 6.42 Å². The zero-order valence-electron chi connectivity index (χ0n) is 16.6. The van der Waals surface area contributed by atoms with Crippen LogP contribution in [0.15, 0.2) is 54.6 Å². The van der Waals surface area contributed by atoms with E-state index >= 15 is 0 Å². The van der Waals surface area contributed by atoms with Gasteiger partial charge >= 0.3 is 6.18 Å². The van der Waals surface area contributed by atoms with E-state index in [4.69, 9.17) is 17.0 Å². The molecule has 0 aliphatic rings. The Bertz CT molecular complexity index is 1160. The second kappa shape index (κ2) is 9.92. The number of nitrogens with zero attached hydrogens (tertiary/aromatic N) is 2. The van der Waals surface area contributed by atoms with Gasteiger partial charge in [-0.3, -0.25) is 15.5 Å². The molecule has 3 rings (SSSR count). The van der Waals surface area contributed by atoms with Crippen molar-refractivity contribution in [3.05, 3.63) is 75.8 Å². The first-order valence-electron chi connectivity index (χ1n) is 9.30. The maximum Gasteiger partial charge on any atom is 0.432 e. The summed E-state index contributed by atoms with van der Waals surface area (Å²) in [4.78, 5) is 12.4. The highest BCUT2D eigenvalue weighted by Crippen LogP contribution is 2.27. The molecule has 3 aromatic rings. The Balaban J connectivity index is 1.86. The van der Waals surface area contributed by atoms with Crippen molar-refractivity contribution in [1.29, 1.82) is 5.41 Å². The average Bonchev–Trinajstić information content (AvgIpc) is 3.21. The lowest BCUT2D eigenvalue weighted by molar-refractivity contribution is -0.0583. The minimum Gasteiger partial charge on any atom is -0.354 e. The molecule has 3 N–H and O–H groups in total. The summed E-state index contributed by atoms with van der Waals surface area (Å²) < 4.78 is 38.9. The fraction of sp³-hybridized carbons (Fsp3) is 0.143. The first kappa shape index (κ1) is 23.4. The van der Waals surface area contributed by atoms with Crippen molar-refractivity contribution in [1.82, 2.24) is 10.2 Å². The highest BCUT2D eigenvalue weighted by Gasteiger charge is 2.33. The molecular weight excluding hydrogens is 463 g/mol. The Labute approximate surface area is 190 Å². The van der Waals surface area contributed by atoms with Gasteiger partial charge in [0.05, 0.1) is 10.7 Å². The van der Waals surface area contributed by atoms with Gasteiger partial charge in [0, 0.05) is 11.3 Å². The number of aryl methyl sites for hydroxylation is 1. The van der Waals surface area contributed by atoms with Crippen molar-refractivity contribution >= 4 is 51.1 Å². The molecule has 0 unspecified atom stereocenters. The molecule has 0 bridgehead atoms. The molecule has 0 fully saturated rings. The molecule has 0 aliphatic carbocycles. The van der Waals surface area contributed by atoms with Crippen molar-refractivity contribution in [2.45, 2.75) is 19.5 Å². The third kappa shape index (κ3) is 5.92. The van der Waals surface area contributed by atoms with Crippen LogP contribution in [-0.4, -0.2) is 28.0 Å². The van der Waals surface area contributed by atoms with Gasteiger partial charge in [-0.05, 0) is 42.3 Å². The Hall–Kier alpha value is -3.24. The summed E-state index contributed by atoms with van der Waals surface area (Å²) in [6.07, 6.45) is -3.44. The monoisotopic (exact) mass is 479 g/mol. The van der Waals surface area contributed by atoms with Crippen LogP contribution in [0.3, 0.4) is 0 Å². The molecule has 2 aromatic carbocycles. The predicted molar refractivity (Wildman–Crippen MR) is 121 cm³/mol. The summed E-state index contributed by atoms with van der Waals surface area (Å²) in [5, 5.41) is 22.1. The van der Waals surface area contributed by atoms with Crippen molar-refractivity contribution in [2.24, 2.45) is 0 Å². The van der Waals surface area contributed by atoms with Gasteiger partial charge in [0.2, 0.25) is 5.13 Å². The molecule has 166 valence electrons. The number of hydrogen-bond donors (Lipinski definition) is 3. The minimum atomic E-state index is -4.81. The van der Waals surface area contributed by atoms with Crippen molar-refractivity contribution < 1.29 is 18.0 Å². The highest BCUT2D eigenvalue weighted by atomic mass is 35.5. The van der Waals surface area contributed by atoms with Crippen LogP contribution >= 0.6 is 22.9 Å². The number of aromatic nitrogens is 2. The smallest absolute Gasteiger partial charge is 0.354 e. The quantitative estimate of drug-likeness (QED) is 0.360. The maximum atomic E-state index is 13.0. The molecule has 6 nitrogen and oxygen atoms in total. The second-order valence-corrected chi connectivity index (χ2v) is 7.93. The Kier molecular flexibility index (Phi) is 7.26. The van der Waals surface area contributed by atoms with Crippen LogP contribution in [0.2, 0.25) is 5.02 Å². The molecule has 11 heteroatoms. The normalized spacial score (nSPS) is 11.8. The van der Waals surface area contributed by atoms with Crippen LogP contribution in [0.4, 0.5) is 24.0 Å². The lowest BCUT2D eigenvalue weighted by atomic mass is 10.1. The van der Waals surface area contributed by atoms with Crippen molar-refractivity contribution in [3.63, 3.8) is 0 Å². The number of amides is 1. The molecule has 1 amide bonds. The molecule has 0 atom stereocenters. The van der Waals surface area contributed by atoms with E-state index in [9.17, 15) is 18.0 Å². The van der Waals surface area contributed by atoms with Gasteiger partial charge in [0.1, 0.15) is 10.7 Å². The molecule has 1 aromatic heterocycles. The number of para-hydroxylation sites is 1. The van der Waals surface area contributed by atoms with E-state index in [2.05, 4.69) is 20.8 Å². The topological polar surface area (TPSA) is 90.8 Å². The number of allylic oxidation sites excluding steroid dienone is 1. The van der Waals surface area contributed by atoms with E-state index in [-0.39, 0.29) is 11.3 Å². The number of nitrogens with one attached hydrogen (secondary N) is 3. The fourth-order valence-electron chi connectivity index (χ4n) is 2.54. The molecular formula is C21H17ClF3N5OS. The molecule has 1 heterocycles. The summed E-state index contributed by atoms with van der Waals surface area (Å²) in [6.45, 7) is 1.92. The van der Waals surface area contributed by atoms with Gasteiger partial charge in [-0.15, -0.1) is 10.2 Å². The number of benzene rings is 2. The summed E-state index contributed by atoms with van der Waals surface area (Å²) in [6, 6.07) is 12.4. The Morgan fingerprint density at radius 1 is 1.09 bits per heavy atom. The van der Waals surface area contributed by atoms with Gasteiger partial charge in [-0.1, -0.05) is 54.1 Å². The van der Waals surface area contributed by atoms with Crippen LogP contribution < -0.4 is 10.6 Å². The maximum absolute atomic E-state index is 13.0. The average molecular weight is 480 g/mol. The molecule has 0 spiro atoms. The van der Waals surface area contributed by atoms with Gasteiger partial charge in [0.15, 0.2) is 0 Å². The van der Waals surface area contributed by atoms with Crippen LogP contribution in [0, 0.1) is 5.41 Å². The third-order valence-corrected chi connectivity index (χ3v) is 5.50. The summed E-state index contributed by atoms with van der Waals surface area (Å²) in [5.74, 6) is -0.428. The number of carbonyl (C=O) groups excluding carboxylic acids is 1. The standard InChI is InChI=1S/C21H17ClF3N5OS/c1-2-18-29-30-20(32-18)28-19(31)13-9-7-12(8-10-13)16(11-17(26)21(23,24)25)27-15-6-4-3-5-14(15)22/h3-11,26-27H,2H2,1H3,(H,28,30,31)/b16-11-,26-17?. The van der Waals surface area contributed by atoms with E-state index in [1.165, 1.54) is 35.6 Å². The number of hydrogen-bond acceptors (Lipinski definition) is 6. The first-order chi connectivity index (χ1) is 15.2. The number of rotatable bonds is 7. The molecule has 32 heavy (non-hydrogen) atoms. The lowest BCUT2D eigenvalue weighted by Crippen LogP contribution is -2.20. The lowest BCUT2D eigenvalue weighted by Gasteiger charge is -2.14. The van der Waals surface area contributed by atoms with E-state index < -0.39 is 17.8 Å². The molecule has 0 saturated carbocycles. The number of halogens is 4. The van der Waals surface area contributed by atoms with Crippen LogP contribution in [0.1, 0.15) is 27.9 Å². The fourth-order valence-corrected chi connectivity index (χ4v) is 3.40. The van der Waals surface area contributed by atoms with Crippen molar-refractivity contribution in [3.8, 4) is 0 Å². The SMILES string of the molecule is CCc1nnc(NC(=O)c2ccc(/C(=C/C(=N)C(F)(F)F)Nc3ccccc3Cl)cc2)s1. The summed E-state index contributed by atoms with van der Waals surface area (Å²) >= 11 is 7.37. The first-order valence-corrected chi connectivity index (χ1v) is 10.5. The van der Waals surface area contributed by atoms with Crippen LogP contribution in [0.5, 0.6) is 0 Å². The number of anilines is 2. The second-order valence-electron chi connectivity index (χ2n) is 6.46. The Morgan fingerprint density at radius 3 is 2.34 bits per heavy atom. The predicted octanol–water partition coefficient (Wildman–Crippen LogP) is 6.04. The summed E-state index contributed by atoms with van der Waals surface area (Å²) in [7, 11) is 0. The number of carbonyl (C=O) groups is 1. The molecule has 0 aliphatic heterocycles. The van der Waals surface area contributed by atoms with Gasteiger partial charge in [0.25, 0.3) is 5.91 Å². The van der Waals surface area contributed by atoms with E-state index in [0.29, 0.717) is 33.9 Å². The van der Waals surface area contributed by atoms with Crippen LogP contribution in [0.25, 0.3) is 5.70 Å². The van der Waals surface area contributed by atoms with E-state index in [0.717, 1.165) is 5.01 Å². The zero-order valence-corrected chi connectivity index (χ0v) is 18.2. The Morgan fingerprint density at radius 2 is 1.75 bits per heavy atom. The van der Waals surface area contributed by atoms with E-state index in [1.807, 2.05) is 6.92 Å². The zero-order chi connectivity index (χ0) is 23.3. The van der Waals surface area contributed by atoms with Gasteiger partial charge in [-0.2, -0.15) is 13.2 Å². The molecule has 0 saturated heterocycles. The third-order valence-electron chi connectivity index (χ3n) is 4.19. The number of alkyl halides is 3. The molecule has 0 radical (unpaired) electrons. The highest BCUT2D eigenvalue weighted by molar-refractivity contribution is 7.15. The minimum absolute atomic E-state index is 0.00379. The van der Waals surface area contributed by atoms with Crippen molar-refractivity contribution in [2.75, 3.05) is 10.6 Å². The largest absolute Gasteiger partial charge is 0.432 e. The van der Waals surface area contributed by atoms with Gasteiger partial charge in [-0.25, -0.2) is 0 Å². The van der Waals surface area contributed by atoms with Gasteiger partial charge < -0.3 is 5.32 Å². The van der Waals surface area contributed by atoms with E-state index in [1.54, 1.807) is 24.3 Å².